The van der Waals surface area contributed by atoms with Crippen molar-refractivity contribution in [2.75, 3.05) is 17.6 Å². The molecule has 0 unspecified atom stereocenters. The number of anilines is 1. The number of amides is 1. The molecular formula is C18H22N2O3S. The molecule has 0 fully saturated rings. The second-order valence-corrected chi connectivity index (χ2v) is 7.60. The van der Waals surface area contributed by atoms with Crippen molar-refractivity contribution in [3.05, 3.63) is 59.7 Å². The Bertz CT molecular complexity index is 799. The van der Waals surface area contributed by atoms with Crippen LogP contribution in [-0.2, 0) is 16.4 Å². The van der Waals surface area contributed by atoms with E-state index in [9.17, 15) is 13.2 Å². The van der Waals surface area contributed by atoms with Gasteiger partial charge in [-0.15, -0.1) is 0 Å². The van der Waals surface area contributed by atoms with E-state index in [4.69, 9.17) is 0 Å². The first-order valence-electron chi connectivity index (χ1n) is 7.90. The lowest BCUT2D eigenvalue weighted by Gasteiger charge is -2.11. The zero-order chi connectivity index (χ0) is 17.6. The van der Waals surface area contributed by atoms with Crippen molar-refractivity contribution in [1.82, 2.24) is 5.32 Å². The molecule has 0 saturated carbocycles. The van der Waals surface area contributed by atoms with Gasteiger partial charge in [-0.3, -0.25) is 4.79 Å². The van der Waals surface area contributed by atoms with Crippen molar-refractivity contribution in [3.63, 3.8) is 0 Å². The van der Waals surface area contributed by atoms with Gasteiger partial charge in [-0.05, 0) is 42.4 Å². The van der Waals surface area contributed by atoms with Gasteiger partial charge < -0.3 is 10.6 Å². The molecule has 24 heavy (non-hydrogen) atoms. The van der Waals surface area contributed by atoms with E-state index >= 15 is 0 Å². The number of sulfone groups is 1. The monoisotopic (exact) mass is 346 g/mol. The molecule has 2 aromatic carbocycles. The first-order valence-corrected chi connectivity index (χ1v) is 9.56. The molecule has 0 atom stereocenters. The maximum atomic E-state index is 12.4. The van der Waals surface area contributed by atoms with E-state index in [-0.39, 0.29) is 16.6 Å². The summed E-state index contributed by atoms with van der Waals surface area (Å²) in [5, 5.41) is 6.11. The molecule has 128 valence electrons. The first kappa shape index (κ1) is 18.2. The normalized spacial score (nSPS) is 11.2. The highest BCUT2D eigenvalue weighted by Gasteiger charge is 2.13. The van der Waals surface area contributed by atoms with Crippen molar-refractivity contribution in [2.24, 2.45) is 0 Å². The second kappa shape index (κ2) is 8.08. The van der Waals surface area contributed by atoms with Crippen LogP contribution < -0.4 is 10.6 Å². The minimum Gasteiger partial charge on any atom is -0.322 e. The molecule has 2 aromatic rings. The Morgan fingerprint density at radius 1 is 1.00 bits per heavy atom. The predicted molar refractivity (Wildman–Crippen MR) is 95.9 cm³/mol. The van der Waals surface area contributed by atoms with Crippen LogP contribution >= 0.6 is 0 Å². The van der Waals surface area contributed by atoms with Crippen molar-refractivity contribution in [3.8, 4) is 0 Å². The molecule has 2 rings (SSSR count). The average molecular weight is 346 g/mol. The average Bonchev–Trinajstić information content (AvgIpc) is 2.61. The van der Waals surface area contributed by atoms with Gasteiger partial charge in [0, 0.05) is 17.8 Å². The van der Waals surface area contributed by atoms with Crippen LogP contribution in [0, 0.1) is 0 Å². The standard InChI is InChI=1S/C18H22N2O3S/c1-3-19-13-15-7-5-6-8-17(15)20-18(21)14-9-11-16(12-10-14)24(22,23)4-2/h5-12,19H,3-4,13H2,1-2H3,(H,20,21). The van der Waals surface area contributed by atoms with Crippen LogP contribution in [0.2, 0.25) is 0 Å². The molecule has 0 saturated heterocycles. The van der Waals surface area contributed by atoms with Gasteiger partial charge in [-0.2, -0.15) is 0 Å². The summed E-state index contributed by atoms with van der Waals surface area (Å²) in [5.74, 6) is -0.226. The summed E-state index contributed by atoms with van der Waals surface area (Å²) in [6.07, 6.45) is 0. The molecule has 0 radical (unpaired) electrons. The molecule has 6 heteroatoms. The fraction of sp³-hybridized carbons (Fsp3) is 0.278. The number of carbonyl (C=O) groups is 1. The van der Waals surface area contributed by atoms with Crippen LogP contribution in [0.3, 0.4) is 0 Å². The third-order valence-electron chi connectivity index (χ3n) is 3.69. The van der Waals surface area contributed by atoms with Gasteiger partial charge in [0.2, 0.25) is 0 Å². The molecule has 0 aromatic heterocycles. The highest BCUT2D eigenvalue weighted by Crippen LogP contribution is 2.17. The Morgan fingerprint density at radius 3 is 2.29 bits per heavy atom. The third-order valence-corrected chi connectivity index (χ3v) is 5.44. The molecule has 0 heterocycles. The van der Waals surface area contributed by atoms with Crippen LogP contribution in [0.5, 0.6) is 0 Å². The topological polar surface area (TPSA) is 75.3 Å². The molecule has 0 aliphatic rings. The summed E-state index contributed by atoms with van der Waals surface area (Å²) in [5.41, 5.74) is 2.16. The van der Waals surface area contributed by atoms with E-state index in [1.165, 1.54) is 24.3 Å². The summed E-state index contributed by atoms with van der Waals surface area (Å²) in [7, 11) is -3.26. The summed E-state index contributed by atoms with van der Waals surface area (Å²) >= 11 is 0. The number of hydrogen-bond donors (Lipinski definition) is 2. The minimum atomic E-state index is -3.26. The fourth-order valence-electron chi connectivity index (χ4n) is 2.23. The van der Waals surface area contributed by atoms with Crippen LogP contribution in [0.1, 0.15) is 29.8 Å². The van der Waals surface area contributed by atoms with E-state index in [0.717, 1.165) is 17.8 Å². The van der Waals surface area contributed by atoms with Gasteiger partial charge in [0.05, 0.1) is 10.6 Å². The Hall–Kier alpha value is -2.18. The lowest BCUT2D eigenvalue weighted by Crippen LogP contribution is -2.17. The molecule has 0 bridgehead atoms. The van der Waals surface area contributed by atoms with Crippen LogP contribution in [0.15, 0.2) is 53.4 Å². The van der Waals surface area contributed by atoms with Crippen LogP contribution in [-0.4, -0.2) is 26.6 Å². The van der Waals surface area contributed by atoms with E-state index in [1.807, 2.05) is 31.2 Å². The van der Waals surface area contributed by atoms with Gasteiger partial charge in [-0.25, -0.2) is 8.42 Å². The smallest absolute Gasteiger partial charge is 0.255 e. The van der Waals surface area contributed by atoms with Gasteiger partial charge in [-0.1, -0.05) is 32.0 Å². The van der Waals surface area contributed by atoms with Crippen LogP contribution in [0.4, 0.5) is 5.69 Å². The maximum Gasteiger partial charge on any atom is 0.255 e. The van der Waals surface area contributed by atoms with Gasteiger partial charge in [0.1, 0.15) is 0 Å². The largest absolute Gasteiger partial charge is 0.322 e. The predicted octanol–water partition coefficient (Wildman–Crippen LogP) is 2.84. The number of benzene rings is 2. The Labute approximate surface area is 143 Å². The molecule has 0 spiro atoms. The van der Waals surface area contributed by atoms with Gasteiger partial charge in [0.25, 0.3) is 5.91 Å². The first-order chi connectivity index (χ1) is 11.5. The summed E-state index contributed by atoms with van der Waals surface area (Å²) in [4.78, 5) is 12.6. The van der Waals surface area contributed by atoms with Gasteiger partial charge in [0.15, 0.2) is 9.84 Å². The number of rotatable bonds is 7. The van der Waals surface area contributed by atoms with Crippen molar-refractivity contribution in [2.45, 2.75) is 25.3 Å². The van der Waals surface area contributed by atoms with Crippen molar-refractivity contribution in [1.29, 1.82) is 0 Å². The summed E-state index contributed by atoms with van der Waals surface area (Å²) in [6.45, 7) is 5.13. The molecule has 5 nitrogen and oxygen atoms in total. The lowest BCUT2D eigenvalue weighted by molar-refractivity contribution is 0.102. The molecule has 1 amide bonds. The lowest BCUT2D eigenvalue weighted by atomic mass is 10.1. The number of para-hydroxylation sites is 1. The highest BCUT2D eigenvalue weighted by molar-refractivity contribution is 7.91. The third kappa shape index (κ3) is 4.43. The van der Waals surface area contributed by atoms with E-state index in [1.54, 1.807) is 6.92 Å². The fourth-order valence-corrected chi connectivity index (χ4v) is 3.11. The maximum absolute atomic E-state index is 12.4. The number of hydrogen-bond acceptors (Lipinski definition) is 4. The molecule has 0 aliphatic heterocycles. The molecule has 2 N–H and O–H groups in total. The van der Waals surface area contributed by atoms with Crippen molar-refractivity contribution >= 4 is 21.4 Å². The minimum absolute atomic E-state index is 0.0380. The van der Waals surface area contributed by atoms with Crippen LogP contribution in [0.25, 0.3) is 0 Å². The Morgan fingerprint density at radius 2 is 1.67 bits per heavy atom. The Kier molecular flexibility index (Phi) is 6.11. The summed E-state index contributed by atoms with van der Waals surface area (Å²) in [6, 6.07) is 13.6. The number of nitrogens with one attached hydrogen (secondary N) is 2. The molecule has 0 aliphatic carbocycles. The van der Waals surface area contributed by atoms with E-state index < -0.39 is 9.84 Å². The second-order valence-electron chi connectivity index (χ2n) is 5.32. The van der Waals surface area contributed by atoms with Gasteiger partial charge >= 0.3 is 0 Å². The Balaban J connectivity index is 2.16. The number of carbonyl (C=O) groups excluding carboxylic acids is 1. The van der Waals surface area contributed by atoms with E-state index in [2.05, 4.69) is 10.6 Å². The molecular weight excluding hydrogens is 324 g/mol. The highest BCUT2D eigenvalue weighted by atomic mass is 32.2. The van der Waals surface area contributed by atoms with E-state index in [0.29, 0.717) is 12.1 Å². The quantitative estimate of drug-likeness (QED) is 0.808. The van der Waals surface area contributed by atoms with Crippen molar-refractivity contribution < 1.29 is 13.2 Å². The SMILES string of the molecule is CCNCc1ccccc1NC(=O)c1ccc(S(=O)(=O)CC)cc1. The zero-order valence-corrected chi connectivity index (χ0v) is 14.7. The summed E-state index contributed by atoms with van der Waals surface area (Å²) < 4.78 is 23.6. The zero-order valence-electron chi connectivity index (χ0n) is 13.9.